The topological polar surface area (TPSA) is 66.6 Å². The standard InChI is InChI=1S/C13H29N3O2S/c1-4-13(5-2)7-11-16(12-8-13)19(17,18)15(3)10-6-9-14/h4-12,14H2,1-3H3. The number of piperidine rings is 1. The van der Waals surface area contributed by atoms with Gasteiger partial charge in [-0.15, -0.1) is 0 Å². The van der Waals surface area contributed by atoms with Gasteiger partial charge in [0.05, 0.1) is 0 Å². The van der Waals surface area contributed by atoms with Crippen molar-refractivity contribution in [1.82, 2.24) is 8.61 Å². The van der Waals surface area contributed by atoms with Gasteiger partial charge in [-0.2, -0.15) is 17.0 Å². The number of hydrogen-bond acceptors (Lipinski definition) is 3. The molecule has 1 aliphatic rings. The molecule has 0 radical (unpaired) electrons. The Morgan fingerprint density at radius 2 is 1.74 bits per heavy atom. The van der Waals surface area contributed by atoms with Gasteiger partial charge in [-0.1, -0.05) is 26.7 Å². The van der Waals surface area contributed by atoms with Gasteiger partial charge in [-0.25, -0.2) is 0 Å². The Bertz CT molecular complexity index is 356. The van der Waals surface area contributed by atoms with Crippen molar-refractivity contribution in [2.45, 2.75) is 46.0 Å². The molecule has 0 aromatic carbocycles. The lowest BCUT2D eigenvalue weighted by Gasteiger charge is -2.41. The fraction of sp³-hybridized carbons (Fsp3) is 1.00. The van der Waals surface area contributed by atoms with Crippen molar-refractivity contribution in [3.8, 4) is 0 Å². The maximum Gasteiger partial charge on any atom is 0.281 e. The minimum atomic E-state index is -3.29. The third kappa shape index (κ3) is 3.90. The van der Waals surface area contributed by atoms with Crippen LogP contribution in [0.25, 0.3) is 0 Å². The summed E-state index contributed by atoms with van der Waals surface area (Å²) in [6, 6.07) is 0. The monoisotopic (exact) mass is 291 g/mol. The van der Waals surface area contributed by atoms with Gasteiger partial charge in [0.15, 0.2) is 0 Å². The number of rotatable bonds is 7. The Morgan fingerprint density at radius 3 is 2.16 bits per heavy atom. The van der Waals surface area contributed by atoms with Gasteiger partial charge in [-0.05, 0) is 31.2 Å². The molecule has 1 rings (SSSR count). The second-order valence-electron chi connectivity index (χ2n) is 5.58. The van der Waals surface area contributed by atoms with E-state index in [4.69, 9.17) is 5.73 Å². The zero-order chi connectivity index (χ0) is 14.5. The van der Waals surface area contributed by atoms with E-state index in [9.17, 15) is 8.42 Å². The summed E-state index contributed by atoms with van der Waals surface area (Å²) < 4.78 is 27.8. The van der Waals surface area contributed by atoms with Crippen LogP contribution in [0.2, 0.25) is 0 Å². The second kappa shape index (κ2) is 7.02. The molecule has 0 saturated carbocycles. The van der Waals surface area contributed by atoms with Crippen molar-refractivity contribution in [3.63, 3.8) is 0 Å². The highest BCUT2D eigenvalue weighted by Gasteiger charge is 2.36. The molecule has 0 atom stereocenters. The fourth-order valence-electron chi connectivity index (χ4n) is 2.77. The molecule has 0 amide bonds. The Kier molecular flexibility index (Phi) is 6.23. The summed E-state index contributed by atoms with van der Waals surface area (Å²) in [5.74, 6) is 0. The first kappa shape index (κ1) is 16.9. The van der Waals surface area contributed by atoms with Gasteiger partial charge in [0.1, 0.15) is 0 Å². The maximum atomic E-state index is 12.4. The first-order valence-corrected chi connectivity index (χ1v) is 8.73. The van der Waals surface area contributed by atoms with E-state index in [0.717, 1.165) is 25.7 Å². The van der Waals surface area contributed by atoms with E-state index in [1.807, 2.05) is 0 Å². The molecule has 0 spiro atoms. The predicted octanol–water partition coefficient (Wildman–Crippen LogP) is 1.41. The molecule has 1 aliphatic heterocycles. The lowest BCUT2D eigenvalue weighted by atomic mass is 9.75. The van der Waals surface area contributed by atoms with E-state index in [0.29, 0.717) is 38.0 Å². The zero-order valence-electron chi connectivity index (χ0n) is 12.6. The third-order valence-electron chi connectivity index (χ3n) is 4.68. The van der Waals surface area contributed by atoms with Gasteiger partial charge >= 0.3 is 0 Å². The van der Waals surface area contributed by atoms with Gasteiger partial charge in [-0.3, -0.25) is 0 Å². The van der Waals surface area contributed by atoms with Crippen molar-refractivity contribution >= 4 is 10.2 Å². The number of hydrogen-bond donors (Lipinski definition) is 1. The largest absolute Gasteiger partial charge is 0.330 e. The molecule has 0 unspecified atom stereocenters. The van der Waals surface area contributed by atoms with Crippen LogP contribution in [0.4, 0.5) is 0 Å². The third-order valence-corrected chi connectivity index (χ3v) is 6.67. The van der Waals surface area contributed by atoms with Crippen molar-refractivity contribution in [2.24, 2.45) is 11.1 Å². The van der Waals surface area contributed by atoms with Crippen LogP contribution in [-0.2, 0) is 10.2 Å². The van der Waals surface area contributed by atoms with Gasteiger partial charge in [0.25, 0.3) is 10.2 Å². The minimum Gasteiger partial charge on any atom is -0.330 e. The van der Waals surface area contributed by atoms with Gasteiger partial charge < -0.3 is 5.73 Å². The zero-order valence-corrected chi connectivity index (χ0v) is 13.4. The Labute approximate surface area is 118 Å². The van der Waals surface area contributed by atoms with E-state index in [1.54, 1.807) is 11.4 Å². The molecule has 5 nitrogen and oxygen atoms in total. The van der Waals surface area contributed by atoms with Gasteiger partial charge in [0, 0.05) is 26.7 Å². The van der Waals surface area contributed by atoms with Crippen LogP contribution in [-0.4, -0.2) is 50.3 Å². The Morgan fingerprint density at radius 1 is 1.21 bits per heavy atom. The van der Waals surface area contributed by atoms with Crippen molar-refractivity contribution in [1.29, 1.82) is 0 Å². The quantitative estimate of drug-likeness (QED) is 0.771. The summed E-state index contributed by atoms with van der Waals surface area (Å²) in [5, 5.41) is 0. The summed E-state index contributed by atoms with van der Waals surface area (Å²) in [6.45, 7) is 6.74. The van der Waals surface area contributed by atoms with Crippen LogP contribution in [0.5, 0.6) is 0 Å². The van der Waals surface area contributed by atoms with E-state index in [1.165, 1.54) is 4.31 Å². The maximum absolute atomic E-state index is 12.4. The first-order chi connectivity index (χ1) is 8.91. The normalized spacial score (nSPS) is 20.9. The molecule has 0 bridgehead atoms. The van der Waals surface area contributed by atoms with E-state index in [2.05, 4.69) is 13.8 Å². The highest BCUT2D eigenvalue weighted by molar-refractivity contribution is 7.86. The molecule has 0 aliphatic carbocycles. The average Bonchev–Trinajstić information content (AvgIpc) is 2.44. The lowest BCUT2D eigenvalue weighted by Crippen LogP contribution is -2.48. The Hall–Kier alpha value is -0.170. The molecule has 114 valence electrons. The molecule has 0 aromatic heterocycles. The average molecular weight is 291 g/mol. The first-order valence-electron chi connectivity index (χ1n) is 7.33. The van der Waals surface area contributed by atoms with Gasteiger partial charge in [0.2, 0.25) is 0 Å². The van der Waals surface area contributed by atoms with Crippen molar-refractivity contribution in [3.05, 3.63) is 0 Å². The fourth-order valence-corrected chi connectivity index (χ4v) is 4.17. The smallest absolute Gasteiger partial charge is 0.281 e. The molecule has 0 aromatic rings. The highest BCUT2D eigenvalue weighted by atomic mass is 32.2. The minimum absolute atomic E-state index is 0.349. The van der Waals surface area contributed by atoms with Crippen molar-refractivity contribution < 1.29 is 8.42 Å². The van der Waals surface area contributed by atoms with Crippen LogP contribution < -0.4 is 5.73 Å². The SMILES string of the molecule is CCC1(CC)CCN(S(=O)(=O)N(C)CCCN)CC1. The molecule has 6 heteroatoms. The Balaban J connectivity index is 2.63. The molecule has 1 saturated heterocycles. The van der Waals surface area contributed by atoms with Crippen LogP contribution in [0, 0.1) is 5.41 Å². The molecule has 1 heterocycles. The summed E-state index contributed by atoms with van der Waals surface area (Å²) in [4.78, 5) is 0. The predicted molar refractivity (Wildman–Crippen MR) is 79.0 cm³/mol. The van der Waals surface area contributed by atoms with Crippen LogP contribution in [0.3, 0.4) is 0 Å². The lowest BCUT2D eigenvalue weighted by molar-refractivity contribution is 0.138. The van der Waals surface area contributed by atoms with E-state index in [-0.39, 0.29) is 0 Å². The molecular weight excluding hydrogens is 262 g/mol. The van der Waals surface area contributed by atoms with Crippen LogP contribution in [0.15, 0.2) is 0 Å². The molecule has 19 heavy (non-hydrogen) atoms. The second-order valence-corrected chi connectivity index (χ2v) is 7.61. The highest BCUT2D eigenvalue weighted by Crippen LogP contribution is 2.38. The van der Waals surface area contributed by atoms with E-state index >= 15 is 0 Å². The summed E-state index contributed by atoms with van der Waals surface area (Å²) in [6.07, 6.45) is 4.94. The van der Waals surface area contributed by atoms with Crippen molar-refractivity contribution in [2.75, 3.05) is 33.2 Å². The van der Waals surface area contributed by atoms with Crippen LogP contribution >= 0.6 is 0 Å². The molecule has 2 N–H and O–H groups in total. The van der Waals surface area contributed by atoms with Crippen LogP contribution in [0.1, 0.15) is 46.0 Å². The molecule has 1 fully saturated rings. The summed E-state index contributed by atoms with van der Waals surface area (Å²) >= 11 is 0. The number of nitrogens with zero attached hydrogens (tertiary/aromatic N) is 2. The molecular formula is C13H29N3O2S. The summed E-state index contributed by atoms with van der Waals surface area (Å²) in [7, 11) is -1.64. The summed E-state index contributed by atoms with van der Waals surface area (Å²) in [5.41, 5.74) is 5.78. The van der Waals surface area contributed by atoms with E-state index < -0.39 is 10.2 Å². The number of nitrogens with two attached hydrogens (primary N) is 1.